The minimum absolute atomic E-state index is 0.411. The largest absolute Gasteiger partial charge is 0.315 e. The molecule has 2 atom stereocenters. The number of fused-ring (bicyclic) bond motifs is 1. The Balaban J connectivity index is 2.08. The second-order valence-electron chi connectivity index (χ2n) is 4.65. The van der Waals surface area contributed by atoms with Gasteiger partial charge in [-0.15, -0.1) is 0 Å². The van der Waals surface area contributed by atoms with Gasteiger partial charge in [-0.1, -0.05) is 29.8 Å². The summed E-state index contributed by atoms with van der Waals surface area (Å²) < 4.78 is 27.3. The topological polar surface area (TPSA) is 12.0 Å². The van der Waals surface area contributed by atoms with Crippen molar-refractivity contribution in [2.75, 3.05) is 13.1 Å². The number of benzene rings is 1. The van der Waals surface area contributed by atoms with Crippen LogP contribution < -0.4 is 5.32 Å². The summed E-state index contributed by atoms with van der Waals surface area (Å²) >= 11 is 0. The van der Waals surface area contributed by atoms with E-state index in [4.69, 9.17) is 0 Å². The summed E-state index contributed by atoms with van der Waals surface area (Å²) in [6, 6.07) is 7.52. The van der Waals surface area contributed by atoms with E-state index in [0.29, 0.717) is 13.1 Å². The summed E-state index contributed by atoms with van der Waals surface area (Å²) in [6.07, 6.45) is 0. The zero-order valence-electron chi connectivity index (χ0n) is 8.56. The highest BCUT2D eigenvalue weighted by Crippen LogP contribution is 2.68. The van der Waals surface area contributed by atoms with Gasteiger partial charge in [0.2, 0.25) is 0 Å². The first-order chi connectivity index (χ1) is 7.09. The second kappa shape index (κ2) is 2.59. The Bertz CT molecular complexity index is 416. The van der Waals surface area contributed by atoms with Crippen LogP contribution in [0.15, 0.2) is 24.3 Å². The van der Waals surface area contributed by atoms with Gasteiger partial charge in [-0.05, 0) is 12.5 Å². The summed E-state index contributed by atoms with van der Waals surface area (Å²) in [7, 11) is 0. The second-order valence-corrected chi connectivity index (χ2v) is 4.65. The molecule has 1 saturated heterocycles. The van der Waals surface area contributed by atoms with Crippen molar-refractivity contribution in [3.63, 3.8) is 0 Å². The van der Waals surface area contributed by atoms with Gasteiger partial charge in [-0.3, -0.25) is 0 Å². The Kier molecular flexibility index (Phi) is 1.60. The third kappa shape index (κ3) is 0.944. The number of hydrogen-bond donors (Lipinski definition) is 1. The first kappa shape index (κ1) is 9.28. The van der Waals surface area contributed by atoms with Gasteiger partial charge in [0.1, 0.15) is 0 Å². The Morgan fingerprint density at radius 2 is 2.20 bits per heavy atom. The van der Waals surface area contributed by atoms with Crippen molar-refractivity contribution >= 4 is 0 Å². The zero-order chi connectivity index (χ0) is 10.7. The average Bonchev–Trinajstić information content (AvgIpc) is 2.58. The molecule has 2 fully saturated rings. The minimum Gasteiger partial charge on any atom is -0.315 e. The Hall–Kier alpha value is -0.960. The van der Waals surface area contributed by atoms with Crippen LogP contribution in [-0.4, -0.2) is 19.0 Å². The van der Waals surface area contributed by atoms with E-state index in [-0.39, 0.29) is 0 Å². The maximum atomic E-state index is 13.7. The summed E-state index contributed by atoms with van der Waals surface area (Å²) in [5, 5.41) is 3.06. The molecule has 0 bridgehead atoms. The van der Waals surface area contributed by atoms with Crippen LogP contribution in [0.3, 0.4) is 0 Å². The fraction of sp³-hybridized carbons (Fsp3) is 0.500. The summed E-state index contributed by atoms with van der Waals surface area (Å²) in [5.41, 5.74) is 0.941. The lowest BCUT2D eigenvalue weighted by molar-refractivity contribution is 0.0677. The fourth-order valence-electron chi connectivity index (χ4n) is 2.91. The molecule has 1 heterocycles. The van der Waals surface area contributed by atoms with E-state index in [1.54, 1.807) is 0 Å². The standard InChI is InChI=1S/C12H13F2N/c1-8-3-2-4-9(5-8)11-7-15-6-10(11)12(11,13)14/h2-5,10,15H,6-7H2,1H3. The van der Waals surface area contributed by atoms with Gasteiger partial charge in [0.25, 0.3) is 5.92 Å². The molecule has 2 unspecified atom stereocenters. The summed E-state index contributed by atoms with van der Waals surface area (Å²) in [5.74, 6) is -3.00. The number of piperidine rings is 1. The molecule has 1 aliphatic carbocycles. The third-order valence-electron chi connectivity index (χ3n) is 3.83. The SMILES string of the molecule is Cc1cccc(C23CNCC2C3(F)F)c1. The van der Waals surface area contributed by atoms with E-state index in [1.165, 1.54) is 0 Å². The molecule has 0 radical (unpaired) electrons. The van der Waals surface area contributed by atoms with E-state index in [1.807, 2.05) is 31.2 Å². The quantitative estimate of drug-likeness (QED) is 0.747. The van der Waals surface area contributed by atoms with Gasteiger partial charge in [0, 0.05) is 13.1 Å². The molecule has 0 amide bonds. The highest BCUT2D eigenvalue weighted by atomic mass is 19.3. The van der Waals surface area contributed by atoms with Crippen LogP contribution in [0.1, 0.15) is 11.1 Å². The Labute approximate surface area is 87.5 Å². The molecule has 3 rings (SSSR count). The first-order valence-electron chi connectivity index (χ1n) is 5.25. The number of rotatable bonds is 1. The van der Waals surface area contributed by atoms with Crippen molar-refractivity contribution in [3.8, 4) is 0 Å². The molecule has 15 heavy (non-hydrogen) atoms. The molecule has 1 N–H and O–H groups in total. The number of alkyl halides is 2. The van der Waals surface area contributed by atoms with Crippen molar-refractivity contribution in [2.45, 2.75) is 18.3 Å². The Morgan fingerprint density at radius 1 is 1.40 bits per heavy atom. The van der Waals surface area contributed by atoms with Gasteiger partial charge >= 0.3 is 0 Å². The van der Waals surface area contributed by atoms with Gasteiger partial charge in [0.15, 0.2) is 0 Å². The van der Waals surface area contributed by atoms with Crippen LogP contribution in [0.4, 0.5) is 8.78 Å². The number of nitrogens with one attached hydrogen (secondary N) is 1. The maximum absolute atomic E-state index is 13.7. The maximum Gasteiger partial charge on any atom is 0.264 e. The molecule has 1 aromatic rings. The van der Waals surface area contributed by atoms with E-state index >= 15 is 0 Å². The normalized spacial score (nSPS) is 36.3. The van der Waals surface area contributed by atoms with E-state index in [2.05, 4.69) is 5.32 Å². The number of halogens is 2. The lowest BCUT2D eigenvalue weighted by atomic mass is 9.93. The Morgan fingerprint density at radius 3 is 2.80 bits per heavy atom. The molecular formula is C12H13F2N. The monoisotopic (exact) mass is 209 g/mol. The first-order valence-corrected chi connectivity index (χ1v) is 5.25. The summed E-state index contributed by atoms with van der Waals surface area (Å²) in [6.45, 7) is 2.80. The van der Waals surface area contributed by atoms with E-state index < -0.39 is 17.3 Å². The van der Waals surface area contributed by atoms with Crippen LogP contribution in [0, 0.1) is 12.8 Å². The van der Waals surface area contributed by atoms with Crippen molar-refractivity contribution in [1.29, 1.82) is 0 Å². The average molecular weight is 209 g/mol. The molecule has 1 aromatic carbocycles. The molecular weight excluding hydrogens is 196 g/mol. The number of aryl methyl sites for hydroxylation is 1. The smallest absolute Gasteiger partial charge is 0.264 e. The minimum atomic E-state index is -2.51. The molecule has 1 aliphatic heterocycles. The summed E-state index contributed by atoms with van der Waals surface area (Å²) in [4.78, 5) is 0. The van der Waals surface area contributed by atoms with Crippen LogP contribution in [0.25, 0.3) is 0 Å². The van der Waals surface area contributed by atoms with Gasteiger partial charge < -0.3 is 5.32 Å². The lowest BCUT2D eigenvalue weighted by Gasteiger charge is -2.15. The molecule has 1 nitrogen and oxygen atoms in total. The van der Waals surface area contributed by atoms with E-state index in [9.17, 15) is 8.78 Å². The highest BCUT2D eigenvalue weighted by Gasteiger charge is 2.82. The van der Waals surface area contributed by atoms with Crippen LogP contribution >= 0.6 is 0 Å². The van der Waals surface area contributed by atoms with Gasteiger partial charge in [-0.2, -0.15) is 0 Å². The van der Waals surface area contributed by atoms with Crippen molar-refractivity contribution in [3.05, 3.63) is 35.4 Å². The zero-order valence-corrected chi connectivity index (χ0v) is 8.56. The molecule has 3 heteroatoms. The molecule has 80 valence electrons. The predicted octanol–water partition coefficient (Wildman–Crippen LogP) is 2.10. The molecule has 0 spiro atoms. The highest BCUT2D eigenvalue weighted by molar-refractivity contribution is 5.45. The lowest BCUT2D eigenvalue weighted by Crippen LogP contribution is -2.28. The van der Waals surface area contributed by atoms with Crippen molar-refractivity contribution in [1.82, 2.24) is 5.32 Å². The van der Waals surface area contributed by atoms with Gasteiger partial charge in [-0.25, -0.2) is 8.78 Å². The van der Waals surface area contributed by atoms with Crippen LogP contribution in [-0.2, 0) is 5.41 Å². The van der Waals surface area contributed by atoms with Crippen molar-refractivity contribution in [2.24, 2.45) is 5.92 Å². The number of hydrogen-bond acceptors (Lipinski definition) is 1. The predicted molar refractivity (Wildman–Crippen MR) is 54.2 cm³/mol. The fourth-order valence-corrected chi connectivity index (χ4v) is 2.91. The molecule has 1 saturated carbocycles. The van der Waals surface area contributed by atoms with Gasteiger partial charge in [0.05, 0.1) is 11.3 Å². The van der Waals surface area contributed by atoms with E-state index in [0.717, 1.165) is 11.1 Å². The molecule has 2 aliphatic rings. The third-order valence-corrected chi connectivity index (χ3v) is 3.83. The molecule has 0 aromatic heterocycles. The van der Waals surface area contributed by atoms with Crippen LogP contribution in [0.5, 0.6) is 0 Å². The van der Waals surface area contributed by atoms with Crippen LogP contribution in [0.2, 0.25) is 0 Å². The van der Waals surface area contributed by atoms with Crippen molar-refractivity contribution < 1.29 is 8.78 Å².